The first kappa shape index (κ1) is 18.2. The number of fused-ring (bicyclic) bond motifs is 3. The highest BCUT2D eigenvalue weighted by molar-refractivity contribution is 6.00. The van der Waals surface area contributed by atoms with Gasteiger partial charge in [0.2, 0.25) is 6.79 Å². The predicted molar refractivity (Wildman–Crippen MR) is 113 cm³/mol. The fourth-order valence-electron chi connectivity index (χ4n) is 3.67. The topological polar surface area (TPSA) is 93.3 Å². The van der Waals surface area contributed by atoms with E-state index in [9.17, 15) is 9.59 Å². The van der Waals surface area contributed by atoms with Crippen LogP contribution in [0.15, 0.2) is 59.7 Å². The van der Waals surface area contributed by atoms with Gasteiger partial charge in [0, 0.05) is 23.3 Å². The highest BCUT2D eigenvalue weighted by Gasteiger charge is 2.26. The molecule has 2 aromatic carbocycles. The van der Waals surface area contributed by atoms with Crippen LogP contribution in [-0.4, -0.2) is 22.7 Å². The molecule has 7 nitrogen and oxygen atoms in total. The third-order valence-corrected chi connectivity index (χ3v) is 5.38. The summed E-state index contributed by atoms with van der Waals surface area (Å²) in [6.45, 7) is 4.04. The molecule has 0 unspecified atom stereocenters. The van der Waals surface area contributed by atoms with Crippen LogP contribution in [0, 0.1) is 0 Å². The summed E-state index contributed by atoms with van der Waals surface area (Å²) in [5.74, 6) is 1.12. The summed E-state index contributed by atoms with van der Waals surface area (Å²) in [5, 5.41) is 4.09. The van der Waals surface area contributed by atoms with Crippen LogP contribution >= 0.6 is 0 Å². The average Bonchev–Trinajstić information content (AvgIpc) is 3.21. The predicted octanol–water partition coefficient (Wildman–Crippen LogP) is 3.47. The fourth-order valence-corrected chi connectivity index (χ4v) is 3.67. The molecule has 1 aliphatic heterocycles. The first-order valence-corrected chi connectivity index (χ1v) is 9.55. The minimum Gasteiger partial charge on any atom is -0.454 e. The van der Waals surface area contributed by atoms with Gasteiger partial charge >= 0.3 is 0 Å². The molecule has 4 aromatic rings. The van der Waals surface area contributed by atoms with E-state index in [1.807, 2.05) is 32.0 Å². The summed E-state index contributed by atoms with van der Waals surface area (Å²) >= 11 is 0. The number of carbonyl (C=O) groups is 1. The van der Waals surface area contributed by atoms with Crippen LogP contribution in [-0.2, 0) is 5.54 Å². The minimum atomic E-state index is -0.643. The second kappa shape index (κ2) is 6.59. The quantitative estimate of drug-likeness (QED) is 0.513. The van der Waals surface area contributed by atoms with Gasteiger partial charge in [-0.1, -0.05) is 6.07 Å². The van der Waals surface area contributed by atoms with Gasteiger partial charge in [0.15, 0.2) is 16.9 Å². The first-order chi connectivity index (χ1) is 14.4. The molecule has 30 heavy (non-hydrogen) atoms. The Hall–Kier alpha value is -3.87. The molecule has 0 atom stereocenters. The van der Waals surface area contributed by atoms with Crippen LogP contribution in [0.2, 0.25) is 0 Å². The maximum atomic E-state index is 13.0. The number of H-pyrrole nitrogens is 1. The molecule has 0 spiro atoms. The molecule has 1 amide bonds. The zero-order chi connectivity index (χ0) is 20.9. The van der Waals surface area contributed by atoms with E-state index in [-0.39, 0.29) is 18.1 Å². The lowest BCUT2D eigenvalue weighted by Crippen LogP contribution is -2.41. The normalized spacial score (nSPS) is 13.0. The van der Waals surface area contributed by atoms with Crippen molar-refractivity contribution in [3.8, 4) is 11.5 Å². The molecular weight excluding hydrogens is 382 g/mol. The van der Waals surface area contributed by atoms with Crippen molar-refractivity contribution in [2.45, 2.75) is 19.4 Å². The number of nitrogens with one attached hydrogen (secondary N) is 2. The van der Waals surface area contributed by atoms with Gasteiger partial charge in [-0.3, -0.25) is 14.6 Å². The van der Waals surface area contributed by atoms with Crippen LogP contribution < -0.4 is 20.2 Å². The molecule has 1 aliphatic rings. The number of amides is 1. The van der Waals surface area contributed by atoms with E-state index in [4.69, 9.17) is 9.47 Å². The zero-order valence-electron chi connectivity index (χ0n) is 16.5. The largest absolute Gasteiger partial charge is 0.454 e. The average molecular weight is 401 g/mol. The van der Waals surface area contributed by atoms with Crippen molar-refractivity contribution in [1.82, 2.24) is 15.3 Å². The van der Waals surface area contributed by atoms with Crippen LogP contribution in [0.25, 0.3) is 21.8 Å². The Bertz CT molecular complexity index is 1370. The Balaban J connectivity index is 1.48. The maximum absolute atomic E-state index is 13.0. The van der Waals surface area contributed by atoms with Crippen LogP contribution in [0.3, 0.4) is 0 Å². The Morgan fingerprint density at radius 1 is 1.03 bits per heavy atom. The van der Waals surface area contributed by atoms with E-state index >= 15 is 0 Å². The smallest absolute Gasteiger partial charge is 0.252 e. The third kappa shape index (κ3) is 2.95. The molecule has 7 heteroatoms. The number of pyridine rings is 2. The number of nitrogens with zero attached hydrogens (tertiary/aromatic N) is 1. The molecule has 0 radical (unpaired) electrons. The van der Waals surface area contributed by atoms with Gasteiger partial charge in [0.25, 0.3) is 5.91 Å². The Morgan fingerprint density at radius 3 is 2.73 bits per heavy atom. The Kier molecular flexibility index (Phi) is 3.99. The highest BCUT2D eigenvalue weighted by atomic mass is 16.7. The number of benzene rings is 2. The number of ether oxygens (including phenoxy) is 2. The van der Waals surface area contributed by atoms with E-state index in [0.717, 1.165) is 5.56 Å². The molecule has 0 saturated carbocycles. The number of rotatable bonds is 3. The lowest BCUT2D eigenvalue weighted by molar-refractivity contribution is 0.0912. The lowest BCUT2D eigenvalue weighted by Gasteiger charge is -2.27. The first-order valence-electron chi connectivity index (χ1n) is 9.55. The SMILES string of the molecule is CC(C)(NC(=O)c1ccc2c(=O)c3cnccc3[nH]c2c1)c1ccc2c(c1)OCO2. The summed E-state index contributed by atoms with van der Waals surface area (Å²) in [4.78, 5) is 32.9. The standard InChI is InChI=1S/C23H19N3O4/c1-23(2,14-4-6-19-20(10-14)30-12-29-19)26-22(28)13-3-5-15-18(9-13)25-17-7-8-24-11-16(17)21(15)27/h3-11H,12H2,1-2H3,(H,25,27)(H,26,28). The molecule has 2 N–H and O–H groups in total. The minimum absolute atomic E-state index is 0.112. The van der Waals surface area contributed by atoms with E-state index < -0.39 is 5.54 Å². The zero-order valence-corrected chi connectivity index (χ0v) is 16.5. The van der Waals surface area contributed by atoms with Crippen LogP contribution in [0.5, 0.6) is 11.5 Å². The number of aromatic nitrogens is 2. The van der Waals surface area contributed by atoms with Crippen molar-refractivity contribution < 1.29 is 14.3 Å². The molecule has 5 rings (SSSR count). The van der Waals surface area contributed by atoms with Gasteiger partial charge < -0.3 is 19.8 Å². The maximum Gasteiger partial charge on any atom is 0.252 e. The molecule has 0 fully saturated rings. The van der Waals surface area contributed by atoms with Gasteiger partial charge in [-0.05, 0) is 55.8 Å². The van der Waals surface area contributed by atoms with Gasteiger partial charge in [-0.25, -0.2) is 0 Å². The number of carbonyl (C=O) groups excluding carboxylic acids is 1. The van der Waals surface area contributed by atoms with E-state index in [0.29, 0.717) is 38.9 Å². The van der Waals surface area contributed by atoms with E-state index in [2.05, 4.69) is 15.3 Å². The van der Waals surface area contributed by atoms with Gasteiger partial charge in [-0.2, -0.15) is 0 Å². The second-order valence-electron chi connectivity index (χ2n) is 7.78. The van der Waals surface area contributed by atoms with Crippen LogP contribution in [0.4, 0.5) is 0 Å². The lowest BCUT2D eigenvalue weighted by atomic mass is 9.93. The summed E-state index contributed by atoms with van der Waals surface area (Å²) < 4.78 is 10.8. The van der Waals surface area contributed by atoms with Crippen molar-refractivity contribution in [3.05, 3.63) is 76.2 Å². The molecule has 0 bridgehead atoms. The highest BCUT2D eigenvalue weighted by Crippen LogP contribution is 2.35. The molecule has 0 aliphatic carbocycles. The van der Waals surface area contributed by atoms with E-state index in [1.54, 1.807) is 36.7 Å². The van der Waals surface area contributed by atoms with Crippen molar-refractivity contribution in [2.75, 3.05) is 6.79 Å². The van der Waals surface area contributed by atoms with Crippen LogP contribution in [0.1, 0.15) is 29.8 Å². The molecule has 150 valence electrons. The number of aromatic amines is 1. The Labute approximate surface area is 171 Å². The van der Waals surface area contributed by atoms with Crippen molar-refractivity contribution in [1.29, 1.82) is 0 Å². The van der Waals surface area contributed by atoms with E-state index in [1.165, 1.54) is 0 Å². The monoisotopic (exact) mass is 401 g/mol. The van der Waals surface area contributed by atoms with Gasteiger partial charge in [0.1, 0.15) is 0 Å². The summed E-state index contributed by atoms with van der Waals surface area (Å²) in [7, 11) is 0. The number of hydrogen-bond donors (Lipinski definition) is 2. The van der Waals surface area contributed by atoms with Gasteiger partial charge in [-0.15, -0.1) is 0 Å². The van der Waals surface area contributed by atoms with Crippen molar-refractivity contribution in [2.24, 2.45) is 0 Å². The summed E-state index contributed by atoms with van der Waals surface area (Å²) in [6, 6.07) is 12.4. The Morgan fingerprint density at radius 2 is 1.87 bits per heavy atom. The second-order valence-corrected chi connectivity index (χ2v) is 7.78. The molecule has 3 heterocycles. The number of hydrogen-bond acceptors (Lipinski definition) is 5. The summed E-state index contributed by atoms with van der Waals surface area (Å²) in [6.07, 6.45) is 3.16. The van der Waals surface area contributed by atoms with Crippen molar-refractivity contribution >= 4 is 27.7 Å². The third-order valence-electron chi connectivity index (χ3n) is 5.38. The van der Waals surface area contributed by atoms with Crippen molar-refractivity contribution in [3.63, 3.8) is 0 Å². The molecule has 0 saturated heterocycles. The summed E-state index contributed by atoms with van der Waals surface area (Å²) in [5.41, 5.74) is 1.89. The fraction of sp³-hybridized carbons (Fsp3) is 0.174. The molecule has 2 aromatic heterocycles. The molecular formula is C23H19N3O4. The van der Waals surface area contributed by atoms with Gasteiger partial charge in [0.05, 0.1) is 22.0 Å².